The van der Waals surface area contributed by atoms with Crippen molar-refractivity contribution >= 4 is 49.0 Å². The fourth-order valence-corrected chi connectivity index (χ4v) is 7.48. The first kappa shape index (κ1) is 25.0. The molecule has 0 saturated carbocycles. The van der Waals surface area contributed by atoms with E-state index in [4.69, 9.17) is 11.6 Å². The lowest BCUT2D eigenvalue weighted by molar-refractivity contribution is -0.593. The van der Waals surface area contributed by atoms with E-state index >= 15 is 0 Å². The summed E-state index contributed by atoms with van der Waals surface area (Å²) in [6, 6.07) is 13.1. The van der Waals surface area contributed by atoms with Gasteiger partial charge in [-0.3, -0.25) is 4.79 Å². The van der Waals surface area contributed by atoms with Crippen LogP contribution in [-0.4, -0.2) is 59.2 Å². The van der Waals surface area contributed by atoms with Gasteiger partial charge in [-0.05, 0) is 29.7 Å². The van der Waals surface area contributed by atoms with Gasteiger partial charge in [0.2, 0.25) is 11.5 Å². The van der Waals surface area contributed by atoms with Crippen molar-refractivity contribution in [3.63, 3.8) is 0 Å². The summed E-state index contributed by atoms with van der Waals surface area (Å²) in [6.07, 6.45) is 4.07. The summed E-state index contributed by atoms with van der Waals surface area (Å²) in [5.41, 5.74) is 0.785. The number of halogens is 1. The lowest BCUT2D eigenvalue weighted by Gasteiger charge is -2.39. The molecule has 1 aromatic carbocycles. The summed E-state index contributed by atoms with van der Waals surface area (Å²) in [5.74, 6) is -0.610. The van der Waals surface area contributed by atoms with Crippen LogP contribution in [0.1, 0.15) is 17.0 Å². The molecule has 5 rings (SSSR count). The first-order chi connectivity index (χ1) is 17.8. The monoisotopic (exact) mass is 554 g/mol. The summed E-state index contributed by atoms with van der Waals surface area (Å²) in [6.45, 7) is 0.101. The van der Waals surface area contributed by atoms with E-state index in [0.717, 1.165) is 21.4 Å². The predicted molar refractivity (Wildman–Crippen MR) is 137 cm³/mol. The van der Waals surface area contributed by atoms with Crippen LogP contribution in [0.15, 0.2) is 65.3 Å². The third-order valence-corrected chi connectivity index (χ3v) is 9.70. The maximum atomic E-state index is 13.4. The number of fused-ring (bicyclic) bond motifs is 1. The fourth-order valence-electron chi connectivity index (χ4n) is 4.18. The number of hydrogen-bond donors (Lipinski definition) is 0. The average Bonchev–Trinajstić information content (AvgIpc) is 3.33. The SMILES string of the molecule is N#CCC1CN(S(=O)(=O)c2cc3ccc(Cl)cc3s2)CCN1C(=O)c1ncc(-c2cccc[n+]2[O-])cn1. The minimum absolute atomic E-state index is 0.0328. The van der Waals surface area contributed by atoms with Crippen LogP contribution < -0.4 is 4.73 Å². The third kappa shape index (κ3) is 4.86. The Balaban J connectivity index is 1.36. The number of amides is 1. The lowest BCUT2D eigenvalue weighted by atomic mass is 10.1. The van der Waals surface area contributed by atoms with E-state index in [2.05, 4.69) is 9.97 Å². The van der Waals surface area contributed by atoms with Crippen LogP contribution in [0.25, 0.3) is 21.3 Å². The predicted octanol–water partition coefficient (Wildman–Crippen LogP) is 3.07. The Morgan fingerprint density at radius 3 is 2.73 bits per heavy atom. The zero-order valence-corrected chi connectivity index (χ0v) is 21.6. The molecule has 1 unspecified atom stereocenters. The molecule has 1 saturated heterocycles. The molecule has 13 heteroatoms. The molecule has 1 atom stereocenters. The van der Waals surface area contributed by atoms with E-state index < -0.39 is 22.0 Å². The maximum Gasteiger partial charge on any atom is 0.292 e. The molecule has 0 spiro atoms. The zero-order valence-electron chi connectivity index (χ0n) is 19.2. The number of hydrogen-bond acceptors (Lipinski definition) is 8. The van der Waals surface area contributed by atoms with Crippen molar-refractivity contribution in [2.45, 2.75) is 16.7 Å². The number of sulfonamides is 1. The molecule has 1 amide bonds. The van der Waals surface area contributed by atoms with Gasteiger partial charge in [-0.25, -0.2) is 18.4 Å². The molecule has 0 radical (unpaired) electrons. The second-order valence-corrected chi connectivity index (χ2v) is 12.0. The second kappa shape index (κ2) is 10.0. The Hall–Kier alpha value is -3.63. The Kier molecular flexibility index (Phi) is 6.78. The van der Waals surface area contributed by atoms with Gasteiger partial charge in [0.05, 0.1) is 24.1 Å². The minimum atomic E-state index is -3.84. The number of nitrogens with zero attached hydrogens (tertiary/aromatic N) is 6. The van der Waals surface area contributed by atoms with Gasteiger partial charge in [0.15, 0.2) is 6.20 Å². The molecule has 1 aliphatic rings. The number of piperazine rings is 1. The highest BCUT2D eigenvalue weighted by Crippen LogP contribution is 2.33. The van der Waals surface area contributed by atoms with E-state index in [1.165, 1.54) is 27.8 Å². The zero-order chi connectivity index (χ0) is 26.2. The van der Waals surface area contributed by atoms with Crippen molar-refractivity contribution < 1.29 is 17.9 Å². The lowest BCUT2D eigenvalue weighted by Crippen LogP contribution is -2.56. The van der Waals surface area contributed by atoms with Crippen molar-refractivity contribution in [2.75, 3.05) is 19.6 Å². The molecule has 0 aliphatic carbocycles. The van der Waals surface area contributed by atoms with E-state index in [1.807, 2.05) is 6.07 Å². The molecule has 4 aromatic rings. The van der Waals surface area contributed by atoms with Gasteiger partial charge in [-0.1, -0.05) is 17.7 Å². The first-order valence-electron chi connectivity index (χ1n) is 11.2. The standard InChI is InChI=1S/C24H19ClN6O4S2/c25-18-5-4-16-11-22(36-21(16)12-18)37(34,35)29-9-10-30(19(15-29)6-7-26)24(32)23-27-13-17(14-28-23)20-3-1-2-8-31(20)33/h1-5,8,11-14,19H,6,9-10,15H2. The van der Waals surface area contributed by atoms with Crippen LogP contribution in [0.5, 0.6) is 0 Å². The summed E-state index contributed by atoms with van der Waals surface area (Å²) < 4.78 is 29.7. The molecule has 4 heterocycles. The largest absolute Gasteiger partial charge is 0.618 e. The number of carbonyl (C=O) groups is 1. The van der Waals surface area contributed by atoms with Gasteiger partial charge >= 0.3 is 0 Å². The van der Waals surface area contributed by atoms with Crippen molar-refractivity contribution in [3.8, 4) is 17.3 Å². The molecular formula is C24H19ClN6O4S2. The van der Waals surface area contributed by atoms with Crippen LogP contribution >= 0.6 is 22.9 Å². The number of carbonyl (C=O) groups excluding carboxylic acids is 1. The Morgan fingerprint density at radius 2 is 2.00 bits per heavy atom. The molecule has 188 valence electrons. The average molecular weight is 555 g/mol. The van der Waals surface area contributed by atoms with Crippen molar-refractivity contribution in [1.29, 1.82) is 5.26 Å². The molecule has 1 aliphatic heterocycles. The van der Waals surface area contributed by atoms with Gasteiger partial charge in [0, 0.05) is 53.9 Å². The number of aromatic nitrogens is 3. The number of thiophene rings is 1. The van der Waals surface area contributed by atoms with Crippen molar-refractivity contribution in [3.05, 3.63) is 77.1 Å². The quantitative estimate of drug-likeness (QED) is 0.273. The highest BCUT2D eigenvalue weighted by atomic mass is 35.5. The van der Waals surface area contributed by atoms with Crippen LogP contribution in [0.2, 0.25) is 5.02 Å². The van der Waals surface area contributed by atoms with E-state index in [0.29, 0.717) is 21.0 Å². The number of benzene rings is 1. The van der Waals surface area contributed by atoms with Crippen LogP contribution in [-0.2, 0) is 10.0 Å². The molecule has 3 aromatic heterocycles. The van der Waals surface area contributed by atoms with Gasteiger partial charge in [-0.2, -0.15) is 14.3 Å². The Morgan fingerprint density at radius 1 is 1.22 bits per heavy atom. The number of pyridine rings is 1. The summed E-state index contributed by atoms with van der Waals surface area (Å²) in [5, 5.41) is 22.6. The Bertz CT molecular complexity index is 1640. The molecule has 37 heavy (non-hydrogen) atoms. The highest BCUT2D eigenvalue weighted by Gasteiger charge is 2.38. The van der Waals surface area contributed by atoms with Gasteiger partial charge in [0.1, 0.15) is 4.21 Å². The van der Waals surface area contributed by atoms with Crippen LogP contribution in [0, 0.1) is 16.5 Å². The first-order valence-corrected chi connectivity index (χ1v) is 13.8. The van der Waals surface area contributed by atoms with E-state index in [1.54, 1.807) is 42.5 Å². The molecule has 0 N–H and O–H groups in total. The van der Waals surface area contributed by atoms with Gasteiger partial charge < -0.3 is 10.1 Å². The van der Waals surface area contributed by atoms with Crippen LogP contribution in [0.3, 0.4) is 0 Å². The highest BCUT2D eigenvalue weighted by molar-refractivity contribution is 7.91. The maximum absolute atomic E-state index is 13.4. The summed E-state index contributed by atoms with van der Waals surface area (Å²) >= 11 is 7.17. The number of rotatable bonds is 5. The molecule has 1 fully saturated rings. The van der Waals surface area contributed by atoms with Crippen molar-refractivity contribution in [1.82, 2.24) is 19.2 Å². The van der Waals surface area contributed by atoms with E-state index in [9.17, 15) is 23.7 Å². The minimum Gasteiger partial charge on any atom is -0.618 e. The third-order valence-electron chi connectivity index (χ3n) is 6.05. The normalized spacial score (nSPS) is 16.5. The fraction of sp³-hybridized carbons (Fsp3) is 0.208. The van der Waals surface area contributed by atoms with Crippen molar-refractivity contribution in [2.24, 2.45) is 0 Å². The second-order valence-electron chi connectivity index (χ2n) is 8.33. The summed E-state index contributed by atoms with van der Waals surface area (Å²) in [7, 11) is -3.84. The van der Waals surface area contributed by atoms with Gasteiger partial charge in [0.25, 0.3) is 15.9 Å². The topological polar surface area (TPSA) is 134 Å². The van der Waals surface area contributed by atoms with E-state index in [-0.39, 0.29) is 36.1 Å². The van der Waals surface area contributed by atoms with Crippen LogP contribution in [0.4, 0.5) is 0 Å². The summed E-state index contributed by atoms with van der Waals surface area (Å²) in [4.78, 5) is 22.9. The molecule has 10 nitrogen and oxygen atoms in total. The number of nitriles is 1. The molecule has 0 bridgehead atoms. The van der Waals surface area contributed by atoms with Gasteiger partial charge in [-0.15, -0.1) is 11.3 Å². The Labute approximate surface area is 221 Å². The smallest absolute Gasteiger partial charge is 0.292 e. The molecular weight excluding hydrogens is 536 g/mol.